The number of carboxylic acid groups (broad SMARTS) is 6. The van der Waals surface area contributed by atoms with Gasteiger partial charge in [0.25, 0.3) is 0 Å². The number of hydrogen-bond acceptors (Lipinski definition) is 20. The summed E-state index contributed by atoms with van der Waals surface area (Å²) in [5.74, 6) is -0.539. The molecular weight excluding hydrogens is 1070 g/mol. The molecule has 3 aliphatic heterocycles. The maximum atomic E-state index is 11.0. The summed E-state index contributed by atoms with van der Waals surface area (Å²) >= 11 is -0.583. The Balaban J connectivity index is -0.000000985. The average molecular weight is 1150 g/mol. The zero-order valence-electron chi connectivity index (χ0n) is 45.3. The third-order valence-electron chi connectivity index (χ3n) is 11.3. The van der Waals surface area contributed by atoms with Crippen LogP contribution < -0.4 is 10.2 Å². The van der Waals surface area contributed by atoms with Crippen LogP contribution in [0.25, 0.3) is 10.4 Å². The summed E-state index contributed by atoms with van der Waals surface area (Å²) in [6, 6.07) is 0. The largest absolute Gasteiger partial charge is 0.549 e. The summed E-state index contributed by atoms with van der Waals surface area (Å²) in [5.41, 5.74) is 8.23. The number of rotatable bonds is 19. The standard InChI is InChI=1S/C15H26N6O4.2C14H23N3O4.CH3N3.3Al.3FH.6H/c1-18-10-13(16-17-18)2-3-19-4-6-20(11-14(22)23)8-9-21(7-5-19)12-15(24)25;2*1-2-3-4-15-5-7-16(11-13(18)19)9-10-17(8-6-15)12-14(20)21;1-3-4-2;;;;;;;;;;;;/h10H,2-9,11-12H2,1H3,(H,22,23)(H,24,25);2*1H,3-12H2,(H,18,19)(H,20,21);1H3;;;;3*1H;;;;;;/q;;;;3*+1;;;;;;;;;/p-5/i;;;;;;;3*1-1;;;;;;. The number of carboxylic acids is 6. The highest BCUT2D eigenvalue weighted by Crippen LogP contribution is 2.05. The van der Waals surface area contributed by atoms with Gasteiger partial charge in [0.1, 0.15) is 0 Å². The van der Waals surface area contributed by atoms with Crippen molar-refractivity contribution in [1.29, 1.82) is 0 Å². The van der Waals surface area contributed by atoms with Crippen LogP contribution in [0, 0.1) is 24.7 Å². The minimum Gasteiger partial charge on any atom is -0.549 e. The molecule has 33 heteroatoms. The summed E-state index contributed by atoms with van der Waals surface area (Å²) in [6.07, 6.45) is 14.4. The number of azide groups is 1. The SMILES string of the molecule is C#CCCN1CCN(CC(=O)O)CCN(CC(=O)O)CC1.C#CCCN1CCN(CC(=O)[O-])CCN(CC(=O)O)CC1.CN=[N+]=[N-].Cn1cc(CCN2CCN(CC(=O)[O-])CCN(CC(=O)O)CC2)nn1.[18F][AlH2].[18F][AlH2].[18F][AlH2]. The van der Waals surface area contributed by atoms with Crippen LogP contribution in [0.5, 0.6) is 0 Å². The second kappa shape index (κ2) is 50.9. The first-order valence-electron chi connectivity index (χ1n) is 24.4. The molecule has 3 fully saturated rings. The van der Waals surface area contributed by atoms with Gasteiger partial charge in [0.15, 0.2) is 0 Å². The fourth-order valence-electron chi connectivity index (χ4n) is 7.53. The van der Waals surface area contributed by atoms with E-state index < -0.39 is 35.8 Å². The van der Waals surface area contributed by atoms with Crippen LogP contribution in [-0.4, -0.2) is 349 Å². The van der Waals surface area contributed by atoms with Crippen molar-refractivity contribution in [1.82, 2.24) is 59.1 Å². The molecule has 0 aromatic carbocycles. The molecule has 1 aromatic heterocycles. The van der Waals surface area contributed by atoms with Crippen molar-refractivity contribution >= 4 is 86.1 Å². The van der Waals surface area contributed by atoms with E-state index in [9.17, 15) is 49.6 Å². The van der Waals surface area contributed by atoms with E-state index in [0.717, 1.165) is 64.5 Å². The van der Waals surface area contributed by atoms with Crippen LogP contribution in [0.4, 0.5) is 10.6 Å². The smallest absolute Gasteiger partial charge is 0.472 e. The number of terminal acetylenes is 2. The first-order valence-corrected chi connectivity index (χ1v) is 26.7. The molecule has 4 N–H and O–H groups in total. The van der Waals surface area contributed by atoms with Gasteiger partial charge in [-0.15, -0.1) is 29.8 Å². The van der Waals surface area contributed by atoms with Gasteiger partial charge in [-0.2, -0.15) is 0 Å². The fourth-order valence-corrected chi connectivity index (χ4v) is 7.53. The first kappa shape index (κ1) is 76.7. The van der Waals surface area contributed by atoms with Crippen LogP contribution in [-0.2, 0) is 42.2 Å². The predicted octanol–water partition coefficient (Wildman–Crippen LogP) is -6.59. The molecule has 0 atom stereocenters. The molecule has 77 heavy (non-hydrogen) atoms. The van der Waals surface area contributed by atoms with Crippen LogP contribution in [0.15, 0.2) is 11.3 Å². The summed E-state index contributed by atoms with van der Waals surface area (Å²) in [6.45, 7) is 13.2. The van der Waals surface area contributed by atoms with Crippen molar-refractivity contribution in [2.24, 2.45) is 12.2 Å². The third-order valence-corrected chi connectivity index (χ3v) is 11.3. The monoisotopic (exact) mass is 1140 g/mol. The molecule has 3 saturated heterocycles. The number of hydrogen-bond donors (Lipinski definition) is 4. The van der Waals surface area contributed by atoms with E-state index in [-0.39, 0.29) is 89.5 Å². The zero-order chi connectivity index (χ0) is 59.0. The maximum Gasteiger partial charge on any atom is 0.472 e. The molecule has 0 unspecified atom stereocenters. The van der Waals surface area contributed by atoms with E-state index >= 15 is 0 Å². The molecule has 27 nitrogen and oxygen atoms in total. The van der Waals surface area contributed by atoms with E-state index in [1.807, 2.05) is 32.8 Å². The normalized spacial score (nSPS) is 16.9. The van der Waals surface area contributed by atoms with E-state index in [2.05, 4.69) is 46.9 Å². The highest BCUT2D eigenvalue weighted by atomic mass is 27.1. The number of aromatic nitrogens is 3. The van der Waals surface area contributed by atoms with Crippen LogP contribution in [0.2, 0.25) is 0 Å². The second-order valence-corrected chi connectivity index (χ2v) is 16.8. The number of nitrogens with zero attached hydrogens (tertiary/aromatic N) is 15. The maximum absolute atomic E-state index is 11.0. The Bertz CT molecular complexity index is 1770. The number of halogens is 3. The molecule has 0 saturated carbocycles. The molecule has 0 aliphatic carbocycles. The van der Waals surface area contributed by atoms with Gasteiger partial charge in [0, 0.05) is 195 Å². The van der Waals surface area contributed by atoms with Crippen LogP contribution >= 0.6 is 0 Å². The molecule has 4 heterocycles. The minimum atomic E-state index is -1.12. The summed E-state index contributed by atoms with van der Waals surface area (Å²) in [7, 11) is 3.21. The lowest BCUT2D eigenvalue weighted by molar-refractivity contribution is -0.307. The Kier molecular flexibility index (Phi) is 50.7. The topological polar surface area (TPSA) is 338 Å². The Labute approximate surface area is 475 Å². The molecule has 4 rings (SSSR count). The van der Waals surface area contributed by atoms with Crippen molar-refractivity contribution in [3.8, 4) is 24.7 Å². The van der Waals surface area contributed by atoms with E-state index in [1.54, 1.807) is 14.5 Å². The van der Waals surface area contributed by atoms with Gasteiger partial charge in [0.05, 0.1) is 43.8 Å². The highest BCUT2D eigenvalue weighted by molar-refractivity contribution is 5.96. The molecule has 0 bridgehead atoms. The first-order chi connectivity index (χ1) is 36.8. The Morgan fingerprint density at radius 2 is 0.779 bits per heavy atom. The predicted molar refractivity (Wildman–Crippen MR) is 284 cm³/mol. The van der Waals surface area contributed by atoms with Gasteiger partial charge in [-0.3, -0.25) is 63.1 Å². The fraction of sp³-hybridized carbons (Fsp3) is 0.727. The van der Waals surface area contributed by atoms with E-state index in [1.165, 1.54) is 7.05 Å². The number of aryl methyl sites for hydroxylation is 1. The second-order valence-electron chi connectivity index (χ2n) is 16.8. The van der Waals surface area contributed by atoms with Crippen molar-refractivity contribution < 1.29 is 70.0 Å². The van der Waals surface area contributed by atoms with Gasteiger partial charge in [0.2, 0.25) is 0 Å². The quantitative estimate of drug-likeness (QED) is 0.0329. The van der Waals surface area contributed by atoms with Crippen LogP contribution in [0.3, 0.4) is 0 Å². The molecule has 0 spiro atoms. The summed E-state index contributed by atoms with van der Waals surface area (Å²) < 4.78 is 30.6. The van der Waals surface area contributed by atoms with Gasteiger partial charge >= 0.3 is 74.1 Å². The number of carbonyl (C=O) groups excluding carboxylic acids is 2. The van der Waals surface area contributed by atoms with Crippen molar-refractivity contribution in [3.63, 3.8) is 0 Å². The number of carbonyl (C=O) groups is 6. The lowest BCUT2D eigenvalue weighted by atomic mass is 10.3. The molecule has 3 aliphatic rings. The molecule has 0 radical (unpaired) electrons. The molecule has 0 amide bonds. The van der Waals surface area contributed by atoms with Gasteiger partial charge in [-0.05, 0) is 5.53 Å². The average Bonchev–Trinajstić information content (AvgIpc) is 3.90. The lowest BCUT2D eigenvalue weighted by Gasteiger charge is -2.25. The van der Waals surface area contributed by atoms with Crippen molar-refractivity contribution in [3.05, 3.63) is 22.3 Å². The lowest BCUT2D eigenvalue weighted by Crippen LogP contribution is -2.43. The molecule has 434 valence electrons. The van der Waals surface area contributed by atoms with Gasteiger partial charge in [-0.25, -0.2) is 0 Å². The van der Waals surface area contributed by atoms with Gasteiger partial charge < -0.3 is 55.7 Å². The molecule has 1 aromatic rings. The minimum absolute atomic E-state index is 0.0239. The van der Waals surface area contributed by atoms with E-state index in [0.29, 0.717) is 97.9 Å². The molecular formula is C44H79Al3F3N15O12-2. The summed E-state index contributed by atoms with van der Waals surface area (Å²) in [4.78, 5) is 85.1. The number of aliphatic carboxylic acids is 6. The Morgan fingerprint density at radius 1 is 0.545 bits per heavy atom. The Morgan fingerprint density at radius 3 is 0.974 bits per heavy atom. The zero-order valence-corrected chi connectivity index (χ0v) is 51.3. The van der Waals surface area contributed by atoms with Gasteiger partial charge in [-0.1, -0.05) is 10.3 Å². The van der Waals surface area contributed by atoms with Crippen molar-refractivity contribution in [2.45, 2.75) is 19.3 Å². The Hall–Kier alpha value is -4.58. The third kappa shape index (κ3) is 45.0. The highest BCUT2D eigenvalue weighted by Gasteiger charge is 2.21. The van der Waals surface area contributed by atoms with Crippen LogP contribution in [0.1, 0.15) is 18.5 Å². The van der Waals surface area contributed by atoms with E-state index in [4.69, 9.17) is 38.8 Å². The summed E-state index contributed by atoms with van der Waals surface area (Å²) in [5, 5.41) is 68.4. The van der Waals surface area contributed by atoms with Crippen molar-refractivity contribution in [2.75, 3.05) is 184 Å².